The van der Waals surface area contributed by atoms with Gasteiger partial charge < -0.3 is 63.5 Å². The summed E-state index contributed by atoms with van der Waals surface area (Å²) in [6.45, 7) is 30.2. The van der Waals surface area contributed by atoms with Gasteiger partial charge in [-0.1, -0.05) is 18.2 Å². The van der Waals surface area contributed by atoms with E-state index in [9.17, 15) is 5.11 Å². The lowest BCUT2D eigenvalue weighted by atomic mass is 9.79. The first-order valence-corrected chi connectivity index (χ1v) is 39.5. The van der Waals surface area contributed by atoms with Crippen LogP contribution in [0.3, 0.4) is 0 Å². The van der Waals surface area contributed by atoms with Crippen LogP contribution in [-0.2, 0) is 25.4 Å². The second-order valence-corrected chi connectivity index (χ2v) is 35.2. The Bertz CT molecular complexity index is 5010. The molecular weight excluding hydrogens is 1400 g/mol. The number of hydrogen-bond donors (Lipinski definition) is 5. The zero-order chi connectivity index (χ0) is 77.6. The van der Waals surface area contributed by atoms with E-state index in [0.29, 0.717) is 40.9 Å². The highest BCUT2D eigenvalue weighted by Crippen LogP contribution is 2.45. The second kappa shape index (κ2) is 31.2. The van der Waals surface area contributed by atoms with Gasteiger partial charge in [-0.2, -0.15) is 15.3 Å². The molecule has 5 saturated heterocycles. The molecule has 0 bridgehead atoms. The van der Waals surface area contributed by atoms with Crippen molar-refractivity contribution in [1.29, 1.82) is 0 Å². The van der Waals surface area contributed by atoms with Gasteiger partial charge in [0.25, 0.3) is 0 Å². The Morgan fingerprint density at radius 1 is 0.468 bits per heavy atom. The number of aromatic nitrogens is 14. The van der Waals surface area contributed by atoms with Crippen LogP contribution in [0.2, 0.25) is 0 Å². The van der Waals surface area contributed by atoms with Crippen LogP contribution in [-0.4, -0.2) is 161 Å². The number of aromatic amines is 1. The summed E-state index contributed by atoms with van der Waals surface area (Å²) in [5.74, 6) is 2.60. The maximum absolute atomic E-state index is 10.6. The third-order valence-electron chi connectivity index (χ3n) is 22.5. The summed E-state index contributed by atoms with van der Waals surface area (Å²) in [7, 11) is 3.25. The minimum absolute atomic E-state index is 0.00214. The van der Waals surface area contributed by atoms with Crippen molar-refractivity contribution in [3.05, 3.63) is 140 Å². The highest BCUT2D eigenvalue weighted by Gasteiger charge is 2.44. The molecule has 111 heavy (non-hydrogen) atoms. The van der Waals surface area contributed by atoms with Gasteiger partial charge >= 0.3 is 0 Å². The molecule has 0 saturated carbocycles. The van der Waals surface area contributed by atoms with E-state index in [1.54, 1.807) is 32.7 Å². The number of fused-ring (bicyclic) bond motifs is 3. The number of rotatable bonds is 17. The first-order chi connectivity index (χ1) is 53.1. The highest BCUT2D eigenvalue weighted by atomic mass is 16.7. The number of methoxy groups -OCH3 is 2. The predicted octanol–water partition coefficient (Wildman–Crippen LogP) is 16.2. The Labute approximate surface area is 650 Å². The number of benzene rings is 3. The fraction of sp³-hybridized carbons (Fsp3) is 0.500. The van der Waals surface area contributed by atoms with Crippen molar-refractivity contribution in [2.75, 3.05) is 52.5 Å². The Morgan fingerprint density at radius 3 is 1.35 bits per heavy atom. The Hall–Kier alpha value is -9.47. The largest absolute Gasteiger partial charge is 0.507 e. The van der Waals surface area contributed by atoms with Gasteiger partial charge in [0.2, 0.25) is 0 Å². The van der Waals surface area contributed by atoms with Crippen LogP contribution < -0.4 is 30.3 Å². The molecular formula is C86H110N18O7. The topological polar surface area (TPSA) is 266 Å². The van der Waals surface area contributed by atoms with Crippen LogP contribution in [0.5, 0.6) is 17.2 Å². The van der Waals surface area contributed by atoms with Gasteiger partial charge in [0.1, 0.15) is 29.7 Å². The van der Waals surface area contributed by atoms with Gasteiger partial charge in [-0.05, 0) is 250 Å². The fourth-order valence-electron chi connectivity index (χ4n) is 18.7. The van der Waals surface area contributed by atoms with Gasteiger partial charge in [-0.25, -0.2) is 9.36 Å². The van der Waals surface area contributed by atoms with E-state index < -0.39 is 0 Å². The summed E-state index contributed by atoms with van der Waals surface area (Å²) < 4.78 is 42.8. The van der Waals surface area contributed by atoms with Crippen LogP contribution in [0.1, 0.15) is 190 Å². The number of hydrogen-bond acceptors (Lipinski definition) is 20. The summed E-state index contributed by atoms with van der Waals surface area (Å²) in [5, 5.41) is 67.9. The number of piperidine rings is 3. The zero-order valence-electron chi connectivity index (χ0n) is 67.0. The van der Waals surface area contributed by atoms with Crippen molar-refractivity contribution >= 4 is 27.9 Å². The molecule has 0 amide bonds. The quantitative estimate of drug-likeness (QED) is 0.0530. The first-order valence-electron chi connectivity index (χ1n) is 39.5. The van der Waals surface area contributed by atoms with E-state index in [0.717, 1.165) is 187 Å². The summed E-state index contributed by atoms with van der Waals surface area (Å²) >= 11 is 0. The number of H-pyrrole nitrogens is 1. The lowest BCUT2D eigenvalue weighted by molar-refractivity contribution is -0.0395. The summed E-state index contributed by atoms with van der Waals surface area (Å²) in [4.78, 5) is 2.48. The molecule has 0 aliphatic carbocycles. The standard InChI is InChI=1S/C31H42N6O3.C31H40N6O3.C24H28N6O/c2*1-30(2)16-24(17-31(3,4)35-30)36-12-11-22-14-26(33-34-29(22)36)25-10-9-21(15-27(25)40-20-38-5)23-18-32-37(19-23)28-8-6-7-13-39-28;1-23(2)11-18(12-24(3,4)29-23)30-8-7-16-9-20(27-28-22(16)30)19-6-5-15(10-21(19)31)17-13-25-26-14-17/h9-10,14-15,18-19,24,28,35H,6-8,11-13,16-17,20H2,1-5H3;9-12,14-15,18-19,24,28,35H,6-8,13,16-17,20H2,1-5H3;5-10,13-14,18,29,31H,11-12H2,1-4H3,(H,25,26). The molecule has 14 heterocycles. The number of phenolic OH excluding ortho intramolecular Hbond substituents is 1. The average molecular weight is 1510 g/mol. The van der Waals surface area contributed by atoms with Crippen LogP contribution in [0.25, 0.3) is 89.2 Å². The van der Waals surface area contributed by atoms with Gasteiger partial charge in [0.15, 0.2) is 30.7 Å². The molecule has 586 valence electrons. The number of ether oxygens (including phenoxy) is 6. The van der Waals surface area contributed by atoms with Crippen molar-refractivity contribution in [1.82, 2.24) is 85.4 Å². The van der Waals surface area contributed by atoms with Crippen LogP contribution in [0, 0.1) is 0 Å². The van der Waals surface area contributed by atoms with Crippen molar-refractivity contribution in [2.45, 2.75) is 230 Å². The van der Waals surface area contributed by atoms with Crippen molar-refractivity contribution in [3.63, 3.8) is 0 Å². The summed E-state index contributed by atoms with van der Waals surface area (Å²) in [6.07, 6.45) is 29.5. The van der Waals surface area contributed by atoms with E-state index >= 15 is 0 Å². The van der Waals surface area contributed by atoms with Crippen molar-refractivity contribution in [3.8, 4) is 84.4 Å². The molecule has 2 atom stereocenters. The lowest BCUT2D eigenvalue weighted by Gasteiger charge is -2.49. The zero-order valence-corrected chi connectivity index (χ0v) is 67.0. The molecule has 6 aliphatic rings. The molecule has 11 aromatic rings. The van der Waals surface area contributed by atoms with Crippen LogP contribution >= 0.6 is 0 Å². The third-order valence-corrected chi connectivity index (χ3v) is 22.5. The predicted molar refractivity (Wildman–Crippen MR) is 432 cm³/mol. The number of aromatic hydroxyl groups is 1. The fourth-order valence-corrected chi connectivity index (χ4v) is 18.7. The molecule has 6 aliphatic heterocycles. The monoisotopic (exact) mass is 1510 g/mol. The van der Waals surface area contributed by atoms with Crippen molar-refractivity contribution < 1.29 is 33.5 Å². The minimum Gasteiger partial charge on any atom is -0.507 e. The average Bonchev–Trinajstić information content (AvgIpc) is 1.69. The Kier molecular flexibility index (Phi) is 21.6. The highest BCUT2D eigenvalue weighted by molar-refractivity contribution is 5.84. The molecule has 17 rings (SSSR count). The summed E-state index contributed by atoms with van der Waals surface area (Å²) in [6, 6.07) is 29.6. The first kappa shape index (κ1) is 76.9. The number of phenols is 1. The second-order valence-electron chi connectivity index (χ2n) is 35.2. The molecule has 5 fully saturated rings. The smallest absolute Gasteiger partial charge is 0.188 e. The number of anilines is 1. The molecule has 25 heteroatoms. The Balaban J connectivity index is 0.000000133. The van der Waals surface area contributed by atoms with E-state index in [1.807, 2.05) is 64.4 Å². The van der Waals surface area contributed by atoms with E-state index in [4.69, 9.17) is 43.7 Å². The van der Waals surface area contributed by atoms with Crippen LogP contribution in [0.4, 0.5) is 5.82 Å². The third kappa shape index (κ3) is 17.4. The Morgan fingerprint density at radius 2 is 0.910 bits per heavy atom. The van der Waals surface area contributed by atoms with E-state index in [1.165, 1.54) is 5.56 Å². The molecule has 3 aromatic carbocycles. The van der Waals surface area contributed by atoms with Gasteiger partial charge in [-0.15, -0.1) is 30.6 Å². The molecule has 0 spiro atoms. The van der Waals surface area contributed by atoms with Gasteiger partial charge in [0.05, 0.1) is 35.7 Å². The molecule has 0 radical (unpaired) electrons. The molecule has 5 N–H and O–H groups in total. The molecule has 25 nitrogen and oxygen atoms in total. The molecule has 2 unspecified atom stereocenters. The lowest BCUT2D eigenvalue weighted by Crippen LogP contribution is -2.62. The number of nitrogens with one attached hydrogen (secondary N) is 4. The number of nitrogens with zero attached hydrogens (tertiary/aromatic N) is 14. The van der Waals surface area contributed by atoms with E-state index in [2.05, 4.69) is 210 Å². The normalized spacial score (nSPS) is 20.8. The van der Waals surface area contributed by atoms with Crippen LogP contribution in [0.15, 0.2) is 135 Å². The maximum atomic E-state index is 10.6. The van der Waals surface area contributed by atoms with Crippen molar-refractivity contribution in [2.24, 2.45) is 0 Å². The summed E-state index contributed by atoms with van der Waals surface area (Å²) in [5.41, 5.74) is 14.0. The van der Waals surface area contributed by atoms with Gasteiger partial charge in [-0.3, -0.25) is 5.10 Å². The van der Waals surface area contributed by atoms with E-state index in [-0.39, 0.29) is 65.0 Å². The maximum Gasteiger partial charge on any atom is 0.188 e. The SMILES string of the molecule is CC1(C)CC(n2ccc3cc(-c4ccc(-c5cn[nH]c5)cc4O)nnc32)CC(C)(C)N1.COCOc1cc(-c2cnn(C3CCCCO3)c2)ccc1-c1cc2c(nn1)N(C1CC(C)(C)NC(C)(C)C1)CC2.COCOc1cc(-c2cnn(C3CCCCO3)c2)ccc1-c1cc2ccn(C3CC(C)(C)NC(C)(C)C3)c2nn1. The molecule has 8 aromatic heterocycles. The van der Waals surface area contributed by atoms with Gasteiger partial charge in [0, 0.05) is 166 Å². The minimum atomic E-state index is 0.00214.